The van der Waals surface area contributed by atoms with Crippen LogP contribution in [0.3, 0.4) is 0 Å². The van der Waals surface area contributed by atoms with Gasteiger partial charge in [-0.15, -0.1) is 5.92 Å². The fourth-order valence-corrected chi connectivity index (χ4v) is 1.64. The van der Waals surface area contributed by atoms with Crippen molar-refractivity contribution in [2.45, 2.75) is 40.7 Å². The Morgan fingerprint density at radius 1 is 1.07 bits per heavy atom. The van der Waals surface area contributed by atoms with Crippen LogP contribution >= 0.6 is 0 Å². The van der Waals surface area contributed by atoms with E-state index in [0.717, 1.165) is 5.92 Å². The van der Waals surface area contributed by atoms with Crippen LogP contribution in [0.4, 0.5) is 0 Å². The Morgan fingerprint density at radius 2 is 1.64 bits per heavy atom. The molecular formula is C13H23N. The van der Waals surface area contributed by atoms with Crippen molar-refractivity contribution in [3.8, 4) is 11.8 Å². The molecule has 0 aromatic rings. The molecule has 0 aromatic heterocycles. The lowest BCUT2D eigenvalue weighted by molar-refractivity contribution is 0.0663. The van der Waals surface area contributed by atoms with E-state index in [1.54, 1.807) is 0 Å². The van der Waals surface area contributed by atoms with Crippen molar-refractivity contribution in [1.29, 1.82) is 0 Å². The van der Waals surface area contributed by atoms with Gasteiger partial charge >= 0.3 is 0 Å². The Bertz CT molecular complexity index is 225. The molecule has 0 aromatic carbocycles. The van der Waals surface area contributed by atoms with Gasteiger partial charge in [-0.1, -0.05) is 33.6 Å². The first-order valence-corrected chi connectivity index (χ1v) is 5.75. The summed E-state index contributed by atoms with van der Waals surface area (Å²) >= 11 is 0. The molecule has 14 heavy (non-hydrogen) atoms. The van der Waals surface area contributed by atoms with Crippen LogP contribution in [-0.4, -0.2) is 24.0 Å². The summed E-state index contributed by atoms with van der Waals surface area (Å²) in [6, 6.07) is 0.715. The Morgan fingerprint density at radius 3 is 2.07 bits per heavy atom. The highest BCUT2D eigenvalue weighted by Crippen LogP contribution is 2.21. The zero-order valence-electron chi connectivity index (χ0n) is 10.2. The summed E-state index contributed by atoms with van der Waals surface area (Å²) in [5.41, 5.74) is 0. The second-order valence-corrected chi connectivity index (χ2v) is 5.08. The maximum Gasteiger partial charge on any atom is 0.0457 e. The summed E-state index contributed by atoms with van der Waals surface area (Å²) in [4.78, 5) is 2.53. The molecule has 1 rings (SSSR count). The van der Waals surface area contributed by atoms with Crippen molar-refractivity contribution in [2.24, 2.45) is 17.8 Å². The lowest BCUT2D eigenvalue weighted by Gasteiger charge is -2.42. The van der Waals surface area contributed by atoms with Gasteiger partial charge in [-0.3, -0.25) is 4.90 Å². The van der Waals surface area contributed by atoms with E-state index >= 15 is 0 Å². The number of hydrogen-bond acceptors (Lipinski definition) is 1. The monoisotopic (exact) mass is 193 g/mol. The maximum atomic E-state index is 3.35. The molecule has 80 valence electrons. The van der Waals surface area contributed by atoms with Gasteiger partial charge in [0, 0.05) is 31.0 Å². The molecule has 1 atom stereocenters. The quantitative estimate of drug-likeness (QED) is 0.609. The Hall–Kier alpha value is -0.480. The molecule has 0 saturated carbocycles. The van der Waals surface area contributed by atoms with Crippen LogP contribution in [-0.2, 0) is 0 Å². The third-order valence-corrected chi connectivity index (χ3v) is 3.03. The van der Waals surface area contributed by atoms with E-state index in [1.807, 2.05) is 0 Å². The summed E-state index contributed by atoms with van der Waals surface area (Å²) in [7, 11) is 0. The number of hydrogen-bond donors (Lipinski definition) is 0. The van der Waals surface area contributed by atoms with Crippen molar-refractivity contribution in [2.75, 3.05) is 13.1 Å². The minimum atomic E-state index is 0.520. The third-order valence-electron chi connectivity index (χ3n) is 3.03. The lowest BCUT2D eigenvalue weighted by atomic mass is 9.94. The molecule has 0 spiro atoms. The topological polar surface area (TPSA) is 3.24 Å². The van der Waals surface area contributed by atoms with Gasteiger partial charge in [0.2, 0.25) is 0 Å². The molecule has 1 heteroatoms. The molecule has 0 bridgehead atoms. The molecule has 1 unspecified atom stereocenters. The highest BCUT2D eigenvalue weighted by Gasteiger charge is 2.29. The van der Waals surface area contributed by atoms with Crippen molar-refractivity contribution < 1.29 is 0 Å². The molecule has 0 amide bonds. The van der Waals surface area contributed by atoms with Crippen molar-refractivity contribution in [3.63, 3.8) is 0 Å². The lowest BCUT2D eigenvalue weighted by Crippen LogP contribution is -2.52. The number of rotatable bonds is 2. The van der Waals surface area contributed by atoms with Gasteiger partial charge in [0.1, 0.15) is 0 Å². The van der Waals surface area contributed by atoms with Gasteiger partial charge in [-0.05, 0) is 12.8 Å². The molecule has 0 N–H and O–H groups in total. The molecule has 0 aliphatic carbocycles. The van der Waals surface area contributed by atoms with E-state index < -0.39 is 0 Å². The van der Waals surface area contributed by atoms with Crippen LogP contribution < -0.4 is 0 Å². The highest BCUT2D eigenvalue weighted by atomic mass is 15.2. The standard InChI is InChI=1S/C13H23N/c1-10(2)6-7-13-8-14(9-13)12(5)11(3)4/h10-13H,8-9H2,1-5H3. The number of nitrogens with zero attached hydrogens (tertiary/aromatic N) is 1. The molecule has 0 radical (unpaired) electrons. The maximum absolute atomic E-state index is 3.35. The van der Waals surface area contributed by atoms with Crippen LogP contribution in [0, 0.1) is 29.6 Å². The second-order valence-electron chi connectivity index (χ2n) is 5.08. The fraction of sp³-hybridized carbons (Fsp3) is 0.846. The smallest absolute Gasteiger partial charge is 0.0457 e. The minimum absolute atomic E-state index is 0.520. The minimum Gasteiger partial charge on any atom is -0.298 e. The van der Waals surface area contributed by atoms with E-state index in [2.05, 4.69) is 51.4 Å². The first-order chi connectivity index (χ1) is 6.50. The summed E-state index contributed by atoms with van der Waals surface area (Å²) in [5.74, 6) is 8.53. The molecule has 1 saturated heterocycles. The molecule has 1 aliphatic heterocycles. The Labute approximate surface area is 88.9 Å². The van der Waals surface area contributed by atoms with Crippen LogP contribution in [0.15, 0.2) is 0 Å². The average Bonchev–Trinajstić information content (AvgIpc) is 2.00. The van der Waals surface area contributed by atoms with Crippen molar-refractivity contribution in [1.82, 2.24) is 4.90 Å². The van der Waals surface area contributed by atoms with Gasteiger partial charge in [0.05, 0.1) is 0 Å². The van der Waals surface area contributed by atoms with Gasteiger partial charge < -0.3 is 0 Å². The van der Waals surface area contributed by atoms with E-state index in [9.17, 15) is 0 Å². The first kappa shape index (κ1) is 11.6. The van der Waals surface area contributed by atoms with Gasteiger partial charge in [-0.2, -0.15) is 0 Å². The van der Waals surface area contributed by atoms with Crippen LogP contribution in [0.2, 0.25) is 0 Å². The van der Waals surface area contributed by atoms with Crippen LogP contribution in [0.25, 0.3) is 0 Å². The van der Waals surface area contributed by atoms with Crippen molar-refractivity contribution in [3.05, 3.63) is 0 Å². The number of likely N-dealkylation sites (tertiary alicyclic amines) is 1. The van der Waals surface area contributed by atoms with Crippen molar-refractivity contribution >= 4 is 0 Å². The zero-order chi connectivity index (χ0) is 10.7. The zero-order valence-corrected chi connectivity index (χ0v) is 10.2. The Kier molecular flexibility index (Phi) is 4.01. The van der Waals surface area contributed by atoms with Crippen LogP contribution in [0.5, 0.6) is 0 Å². The predicted octanol–water partition coefficient (Wildman–Crippen LogP) is 2.62. The molecule has 1 fully saturated rings. The van der Waals surface area contributed by atoms with Gasteiger partial charge in [0.15, 0.2) is 0 Å². The second kappa shape index (κ2) is 4.84. The fourth-order valence-electron chi connectivity index (χ4n) is 1.64. The first-order valence-electron chi connectivity index (χ1n) is 5.75. The highest BCUT2D eigenvalue weighted by molar-refractivity contribution is 5.10. The largest absolute Gasteiger partial charge is 0.298 e. The SMILES string of the molecule is CC(C)C#CC1CN(C(C)C(C)C)C1. The van der Waals surface area contributed by atoms with Crippen LogP contribution in [0.1, 0.15) is 34.6 Å². The van der Waals surface area contributed by atoms with E-state index in [-0.39, 0.29) is 0 Å². The van der Waals surface area contributed by atoms with E-state index in [4.69, 9.17) is 0 Å². The summed E-state index contributed by atoms with van der Waals surface area (Å²) in [6.07, 6.45) is 0. The van der Waals surface area contributed by atoms with Gasteiger partial charge in [-0.25, -0.2) is 0 Å². The molecular weight excluding hydrogens is 170 g/mol. The van der Waals surface area contributed by atoms with E-state index in [1.165, 1.54) is 13.1 Å². The molecule has 1 nitrogen and oxygen atoms in total. The van der Waals surface area contributed by atoms with Gasteiger partial charge in [0.25, 0.3) is 0 Å². The summed E-state index contributed by atoms with van der Waals surface area (Å²) in [6.45, 7) is 13.6. The summed E-state index contributed by atoms with van der Waals surface area (Å²) in [5, 5.41) is 0. The third kappa shape index (κ3) is 3.03. The molecule has 1 aliphatic rings. The predicted molar refractivity (Wildman–Crippen MR) is 62.0 cm³/mol. The average molecular weight is 193 g/mol. The normalized spacial score (nSPS) is 20.5. The van der Waals surface area contributed by atoms with E-state index in [0.29, 0.717) is 17.9 Å². The Balaban J connectivity index is 2.28. The summed E-state index contributed by atoms with van der Waals surface area (Å²) < 4.78 is 0. The molecule has 1 heterocycles.